The summed E-state index contributed by atoms with van der Waals surface area (Å²) in [6.07, 6.45) is 5.53. The van der Waals surface area contributed by atoms with Crippen molar-refractivity contribution >= 4 is 0 Å². The second-order valence-electron chi connectivity index (χ2n) is 6.16. The van der Waals surface area contributed by atoms with Crippen LogP contribution in [0.15, 0.2) is 18.2 Å². The number of hydrogen-bond donors (Lipinski definition) is 1. The van der Waals surface area contributed by atoms with Gasteiger partial charge in [-0.25, -0.2) is 0 Å². The number of ether oxygens (including phenoxy) is 1. The van der Waals surface area contributed by atoms with E-state index >= 15 is 0 Å². The van der Waals surface area contributed by atoms with Crippen LogP contribution < -0.4 is 10.1 Å². The van der Waals surface area contributed by atoms with Crippen molar-refractivity contribution in [2.45, 2.75) is 38.7 Å². The first-order valence-corrected chi connectivity index (χ1v) is 8.00. The third kappa shape index (κ3) is 3.53. The highest BCUT2D eigenvalue weighted by atomic mass is 16.5. The van der Waals surface area contributed by atoms with E-state index in [4.69, 9.17) is 4.74 Å². The predicted molar refractivity (Wildman–Crippen MR) is 82.5 cm³/mol. The maximum Gasteiger partial charge on any atom is 0.123 e. The number of nitrogens with zero attached hydrogens (tertiary/aromatic N) is 1. The highest BCUT2D eigenvalue weighted by Crippen LogP contribution is 2.29. The Morgan fingerprint density at radius 2 is 2.10 bits per heavy atom. The largest absolute Gasteiger partial charge is 0.488 e. The van der Waals surface area contributed by atoms with Crippen molar-refractivity contribution in [3.05, 3.63) is 29.3 Å². The zero-order valence-electron chi connectivity index (χ0n) is 12.5. The molecule has 1 fully saturated rings. The maximum atomic E-state index is 5.98. The molecule has 3 heteroatoms. The molecule has 3 rings (SSSR count). The van der Waals surface area contributed by atoms with E-state index in [9.17, 15) is 0 Å². The van der Waals surface area contributed by atoms with E-state index in [1.165, 1.54) is 50.0 Å². The van der Waals surface area contributed by atoms with Crippen molar-refractivity contribution in [2.75, 3.05) is 32.7 Å². The lowest BCUT2D eigenvalue weighted by Gasteiger charge is -2.26. The van der Waals surface area contributed by atoms with Crippen molar-refractivity contribution in [1.82, 2.24) is 10.2 Å². The van der Waals surface area contributed by atoms with E-state index < -0.39 is 0 Å². The molecule has 0 bridgehead atoms. The minimum absolute atomic E-state index is 0.313. The third-order valence-corrected chi connectivity index (χ3v) is 4.38. The molecule has 0 aromatic heterocycles. The van der Waals surface area contributed by atoms with Crippen molar-refractivity contribution in [2.24, 2.45) is 0 Å². The van der Waals surface area contributed by atoms with Gasteiger partial charge in [0.15, 0.2) is 0 Å². The minimum atomic E-state index is 0.313. The third-order valence-electron chi connectivity index (χ3n) is 4.38. The summed E-state index contributed by atoms with van der Waals surface area (Å²) >= 11 is 0. The van der Waals surface area contributed by atoms with Gasteiger partial charge in [-0.1, -0.05) is 24.1 Å². The fraction of sp³-hybridized carbons (Fsp3) is 0.647. The number of fused-ring (bicyclic) bond motifs is 1. The van der Waals surface area contributed by atoms with Crippen LogP contribution in [0.2, 0.25) is 0 Å². The molecule has 20 heavy (non-hydrogen) atoms. The molecule has 0 aliphatic carbocycles. The summed E-state index contributed by atoms with van der Waals surface area (Å²) in [4.78, 5) is 2.57. The first-order chi connectivity index (χ1) is 9.81. The van der Waals surface area contributed by atoms with Crippen LogP contribution in [-0.4, -0.2) is 43.7 Å². The van der Waals surface area contributed by atoms with Crippen LogP contribution in [0.5, 0.6) is 5.75 Å². The molecule has 1 atom stereocenters. The van der Waals surface area contributed by atoms with E-state index in [0.717, 1.165) is 25.3 Å². The van der Waals surface area contributed by atoms with Crippen molar-refractivity contribution in [1.29, 1.82) is 0 Å². The van der Waals surface area contributed by atoms with Crippen LogP contribution in [0.25, 0.3) is 0 Å². The van der Waals surface area contributed by atoms with E-state index in [2.05, 4.69) is 35.3 Å². The Morgan fingerprint density at radius 3 is 2.95 bits per heavy atom. The van der Waals surface area contributed by atoms with Gasteiger partial charge in [0.25, 0.3) is 0 Å². The fourth-order valence-electron chi connectivity index (χ4n) is 3.25. The van der Waals surface area contributed by atoms with Crippen molar-refractivity contribution in [3.63, 3.8) is 0 Å². The topological polar surface area (TPSA) is 24.5 Å². The lowest BCUT2D eigenvalue weighted by Crippen LogP contribution is -2.38. The smallest absolute Gasteiger partial charge is 0.123 e. The first kappa shape index (κ1) is 13.9. The van der Waals surface area contributed by atoms with Gasteiger partial charge in [-0.15, -0.1) is 0 Å². The van der Waals surface area contributed by atoms with Gasteiger partial charge in [0, 0.05) is 26.1 Å². The molecule has 3 nitrogen and oxygen atoms in total. The lowest BCUT2D eigenvalue weighted by molar-refractivity contribution is 0.209. The Morgan fingerprint density at radius 1 is 1.25 bits per heavy atom. The molecule has 2 heterocycles. The van der Waals surface area contributed by atoms with E-state index in [-0.39, 0.29) is 0 Å². The van der Waals surface area contributed by atoms with Crippen molar-refractivity contribution in [3.8, 4) is 5.75 Å². The molecule has 1 N–H and O–H groups in total. The van der Waals surface area contributed by atoms with Gasteiger partial charge in [-0.2, -0.15) is 0 Å². The Bertz CT molecular complexity index is 441. The zero-order valence-corrected chi connectivity index (χ0v) is 12.5. The van der Waals surface area contributed by atoms with E-state index in [1.54, 1.807) is 0 Å². The highest BCUT2D eigenvalue weighted by Gasteiger charge is 2.22. The number of piperidine rings is 1. The molecule has 0 saturated carbocycles. The first-order valence-electron chi connectivity index (χ1n) is 8.00. The fourth-order valence-corrected chi connectivity index (χ4v) is 3.25. The second kappa shape index (κ2) is 6.59. The molecule has 2 aliphatic heterocycles. The van der Waals surface area contributed by atoms with Gasteiger partial charge in [0.2, 0.25) is 0 Å². The Hall–Kier alpha value is -1.06. The number of benzene rings is 1. The van der Waals surface area contributed by atoms with Gasteiger partial charge < -0.3 is 15.0 Å². The molecule has 0 spiro atoms. The number of rotatable bonds is 5. The van der Waals surface area contributed by atoms with Gasteiger partial charge >= 0.3 is 0 Å². The monoisotopic (exact) mass is 274 g/mol. The Labute approximate surface area is 122 Å². The summed E-state index contributed by atoms with van der Waals surface area (Å²) in [5.41, 5.74) is 2.69. The van der Waals surface area contributed by atoms with E-state index in [0.29, 0.717) is 6.10 Å². The normalized spacial score (nSPS) is 22.6. The predicted octanol–water partition coefficient (Wildman–Crippen LogP) is 2.37. The SMILES string of the molecule is Cc1ccc2c(c1)CC(CNCCN1CCCCC1)O2. The van der Waals surface area contributed by atoms with Crippen LogP contribution in [0, 0.1) is 6.92 Å². The highest BCUT2D eigenvalue weighted by molar-refractivity contribution is 5.40. The summed E-state index contributed by atoms with van der Waals surface area (Å²) in [6.45, 7) is 7.93. The van der Waals surface area contributed by atoms with Gasteiger partial charge in [-0.05, 0) is 44.5 Å². The molecule has 1 unspecified atom stereocenters. The summed E-state index contributed by atoms with van der Waals surface area (Å²) in [7, 11) is 0. The maximum absolute atomic E-state index is 5.98. The number of nitrogens with one attached hydrogen (secondary N) is 1. The summed E-state index contributed by atoms with van der Waals surface area (Å²) in [5, 5.41) is 3.56. The molecule has 110 valence electrons. The average Bonchev–Trinajstić information content (AvgIpc) is 2.86. The number of likely N-dealkylation sites (tertiary alicyclic amines) is 1. The van der Waals surface area contributed by atoms with Crippen LogP contribution in [-0.2, 0) is 6.42 Å². The van der Waals surface area contributed by atoms with Crippen molar-refractivity contribution < 1.29 is 4.74 Å². The Kier molecular flexibility index (Phi) is 4.58. The lowest BCUT2D eigenvalue weighted by atomic mass is 10.1. The molecule has 2 aliphatic rings. The molecular formula is C17H26N2O. The summed E-state index contributed by atoms with van der Waals surface area (Å²) < 4.78 is 5.98. The molecular weight excluding hydrogens is 248 g/mol. The molecule has 1 aromatic carbocycles. The van der Waals surface area contributed by atoms with Gasteiger partial charge in [0.1, 0.15) is 11.9 Å². The van der Waals surface area contributed by atoms with Crippen LogP contribution in [0.1, 0.15) is 30.4 Å². The average molecular weight is 274 g/mol. The van der Waals surface area contributed by atoms with Crippen LogP contribution in [0.4, 0.5) is 0 Å². The summed E-state index contributed by atoms with van der Waals surface area (Å²) in [6, 6.07) is 6.49. The standard InChI is InChI=1S/C17H26N2O/c1-14-5-6-17-15(11-14)12-16(20-17)13-18-7-10-19-8-3-2-4-9-19/h5-6,11,16,18H,2-4,7-10,12-13H2,1H3. The zero-order chi connectivity index (χ0) is 13.8. The molecule has 1 saturated heterocycles. The van der Waals surface area contributed by atoms with Gasteiger partial charge in [-0.3, -0.25) is 0 Å². The van der Waals surface area contributed by atoms with Gasteiger partial charge in [0.05, 0.1) is 0 Å². The molecule has 1 aromatic rings. The second-order valence-corrected chi connectivity index (χ2v) is 6.16. The number of aryl methyl sites for hydroxylation is 1. The Balaban J connectivity index is 1.36. The van der Waals surface area contributed by atoms with Crippen LogP contribution in [0.3, 0.4) is 0 Å². The van der Waals surface area contributed by atoms with Crippen LogP contribution >= 0.6 is 0 Å². The van der Waals surface area contributed by atoms with E-state index in [1.807, 2.05) is 0 Å². The summed E-state index contributed by atoms with van der Waals surface area (Å²) in [5.74, 6) is 1.08. The number of hydrogen-bond acceptors (Lipinski definition) is 3. The molecule has 0 amide bonds. The quantitative estimate of drug-likeness (QED) is 0.834. The molecule has 0 radical (unpaired) electrons. The minimum Gasteiger partial charge on any atom is -0.488 e.